The number of fused-ring (bicyclic) bond motifs is 1. The van der Waals surface area contributed by atoms with E-state index < -0.39 is 0 Å². The Bertz CT molecular complexity index is 656. The molecule has 116 valence electrons. The maximum Gasteiger partial charge on any atom is 0.259 e. The average Bonchev–Trinajstić information content (AvgIpc) is 3.02. The number of amides is 1. The zero-order valence-electron chi connectivity index (χ0n) is 12.4. The Kier molecular flexibility index (Phi) is 4.70. The Hall–Kier alpha value is -1.92. The summed E-state index contributed by atoms with van der Waals surface area (Å²) in [7, 11) is 1.61. The maximum absolute atomic E-state index is 12.8. The van der Waals surface area contributed by atoms with E-state index in [1.54, 1.807) is 36.8 Å². The lowest BCUT2D eigenvalue weighted by Crippen LogP contribution is -2.35. The van der Waals surface area contributed by atoms with Crippen LogP contribution in [0.25, 0.3) is 0 Å². The molecule has 2 aromatic rings. The van der Waals surface area contributed by atoms with Crippen molar-refractivity contribution in [2.24, 2.45) is 0 Å². The molecule has 0 spiro atoms. The smallest absolute Gasteiger partial charge is 0.259 e. The summed E-state index contributed by atoms with van der Waals surface area (Å²) < 4.78 is 10.5. The molecule has 1 aliphatic heterocycles. The summed E-state index contributed by atoms with van der Waals surface area (Å²) in [6.45, 7) is 2.23. The molecule has 3 rings (SSSR count). The van der Waals surface area contributed by atoms with Gasteiger partial charge in [-0.1, -0.05) is 0 Å². The van der Waals surface area contributed by atoms with Crippen molar-refractivity contribution in [3.8, 4) is 5.88 Å². The van der Waals surface area contributed by atoms with Crippen molar-refractivity contribution < 1.29 is 14.3 Å². The first-order valence-electron chi connectivity index (χ1n) is 7.21. The van der Waals surface area contributed by atoms with E-state index in [-0.39, 0.29) is 5.91 Å². The van der Waals surface area contributed by atoms with Gasteiger partial charge in [-0.15, -0.1) is 11.3 Å². The molecule has 0 aromatic carbocycles. The van der Waals surface area contributed by atoms with Gasteiger partial charge >= 0.3 is 0 Å². The van der Waals surface area contributed by atoms with E-state index in [9.17, 15) is 4.79 Å². The van der Waals surface area contributed by atoms with E-state index in [0.717, 1.165) is 13.0 Å². The zero-order valence-corrected chi connectivity index (χ0v) is 13.3. The zero-order chi connectivity index (χ0) is 15.4. The highest BCUT2D eigenvalue weighted by Gasteiger charge is 2.25. The van der Waals surface area contributed by atoms with E-state index in [2.05, 4.69) is 16.4 Å². The van der Waals surface area contributed by atoms with Gasteiger partial charge in [-0.25, -0.2) is 4.98 Å². The van der Waals surface area contributed by atoms with E-state index in [1.165, 1.54) is 10.4 Å². The molecular formula is C16H18N2O3S. The molecular weight excluding hydrogens is 300 g/mol. The highest BCUT2D eigenvalue weighted by molar-refractivity contribution is 7.10. The van der Waals surface area contributed by atoms with Crippen LogP contribution in [0.2, 0.25) is 0 Å². The molecule has 0 atom stereocenters. The van der Waals surface area contributed by atoms with Crippen LogP contribution >= 0.6 is 11.3 Å². The van der Waals surface area contributed by atoms with Crippen LogP contribution in [0.5, 0.6) is 5.88 Å². The van der Waals surface area contributed by atoms with Gasteiger partial charge in [0.2, 0.25) is 5.88 Å². The molecule has 1 amide bonds. The molecule has 0 N–H and O–H groups in total. The summed E-state index contributed by atoms with van der Waals surface area (Å²) in [5, 5.41) is 2.09. The van der Waals surface area contributed by atoms with Crippen LogP contribution in [-0.4, -0.2) is 42.7 Å². The van der Waals surface area contributed by atoms with E-state index in [0.29, 0.717) is 31.2 Å². The molecule has 0 unspecified atom stereocenters. The van der Waals surface area contributed by atoms with Crippen LogP contribution in [0, 0.1) is 0 Å². The number of hydrogen-bond acceptors (Lipinski definition) is 5. The van der Waals surface area contributed by atoms with E-state index in [4.69, 9.17) is 9.47 Å². The predicted octanol–water partition coefficient (Wildman–Crippen LogP) is 2.37. The van der Waals surface area contributed by atoms with Crippen molar-refractivity contribution in [2.45, 2.75) is 13.0 Å². The Morgan fingerprint density at radius 2 is 2.32 bits per heavy atom. The van der Waals surface area contributed by atoms with Gasteiger partial charge in [0.15, 0.2) is 0 Å². The molecule has 0 bridgehead atoms. The molecule has 1 aliphatic rings. The molecule has 0 saturated heterocycles. The minimum atomic E-state index is -0.0302. The second kappa shape index (κ2) is 6.89. The molecule has 0 fully saturated rings. The molecule has 6 heteroatoms. The number of carbonyl (C=O) groups excluding carboxylic acids is 1. The molecule has 22 heavy (non-hydrogen) atoms. The fraction of sp³-hybridized carbons (Fsp3) is 0.375. The summed E-state index contributed by atoms with van der Waals surface area (Å²) >= 11 is 1.76. The topological polar surface area (TPSA) is 51.7 Å². The van der Waals surface area contributed by atoms with Crippen molar-refractivity contribution in [1.82, 2.24) is 9.88 Å². The first kappa shape index (κ1) is 15.0. The number of methoxy groups -OCH3 is 1. The lowest BCUT2D eigenvalue weighted by atomic mass is 10.1. The van der Waals surface area contributed by atoms with Crippen LogP contribution in [0.4, 0.5) is 0 Å². The second-order valence-corrected chi connectivity index (χ2v) is 6.04. The van der Waals surface area contributed by atoms with Crippen LogP contribution in [0.1, 0.15) is 20.8 Å². The number of aromatic nitrogens is 1. The second-order valence-electron chi connectivity index (χ2n) is 5.04. The summed E-state index contributed by atoms with van der Waals surface area (Å²) in [5.41, 5.74) is 1.76. The number of ether oxygens (including phenoxy) is 2. The van der Waals surface area contributed by atoms with Gasteiger partial charge in [-0.05, 0) is 35.6 Å². The molecule has 2 aromatic heterocycles. The fourth-order valence-electron chi connectivity index (χ4n) is 2.48. The van der Waals surface area contributed by atoms with Crippen LogP contribution < -0.4 is 4.74 Å². The number of nitrogens with zero attached hydrogens (tertiary/aromatic N) is 2. The van der Waals surface area contributed by atoms with Gasteiger partial charge in [-0.2, -0.15) is 0 Å². The number of carbonyl (C=O) groups is 1. The SMILES string of the molecule is COCCOc1ncccc1C(=O)N1CCc2sccc2C1. The van der Waals surface area contributed by atoms with Crippen molar-refractivity contribution in [2.75, 3.05) is 26.9 Å². The van der Waals surface area contributed by atoms with Gasteiger partial charge in [-0.3, -0.25) is 4.79 Å². The molecule has 0 saturated carbocycles. The predicted molar refractivity (Wildman–Crippen MR) is 84.4 cm³/mol. The monoisotopic (exact) mass is 318 g/mol. The number of thiophene rings is 1. The third kappa shape index (κ3) is 3.13. The highest BCUT2D eigenvalue weighted by Crippen LogP contribution is 2.26. The molecule has 0 radical (unpaired) electrons. The molecule has 3 heterocycles. The van der Waals surface area contributed by atoms with Crippen LogP contribution in [-0.2, 0) is 17.7 Å². The standard InChI is InChI=1S/C16H18N2O3S/c1-20-8-9-21-15-13(3-2-6-17-15)16(19)18-7-4-14-12(11-18)5-10-22-14/h2-3,5-6,10H,4,7-9,11H2,1H3. The molecule has 5 nitrogen and oxygen atoms in total. The number of rotatable bonds is 5. The Morgan fingerprint density at radius 1 is 1.41 bits per heavy atom. The fourth-order valence-corrected chi connectivity index (χ4v) is 3.37. The Balaban J connectivity index is 1.75. The van der Waals surface area contributed by atoms with Crippen molar-refractivity contribution in [3.63, 3.8) is 0 Å². The first-order chi connectivity index (χ1) is 10.8. The van der Waals surface area contributed by atoms with Crippen molar-refractivity contribution in [1.29, 1.82) is 0 Å². The Labute approximate surface area is 133 Å². The summed E-state index contributed by atoms with van der Waals surface area (Å²) in [6, 6.07) is 5.62. The van der Waals surface area contributed by atoms with Gasteiger partial charge < -0.3 is 14.4 Å². The highest BCUT2D eigenvalue weighted by atomic mass is 32.1. The van der Waals surface area contributed by atoms with Gasteiger partial charge in [0.05, 0.1) is 6.61 Å². The normalized spacial score (nSPS) is 13.8. The van der Waals surface area contributed by atoms with Crippen LogP contribution in [0.15, 0.2) is 29.8 Å². The quantitative estimate of drug-likeness (QED) is 0.794. The largest absolute Gasteiger partial charge is 0.475 e. The first-order valence-corrected chi connectivity index (χ1v) is 8.09. The summed E-state index contributed by atoms with van der Waals surface area (Å²) in [4.78, 5) is 20.2. The maximum atomic E-state index is 12.8. The number of hydrogen-bond donors (Lipinski definition) is 0. The lowest BCUT2D eigenvalue weighted by molar-refractivity contribution is 0.0727. The number of pyridine rings is 1. The van der Waals surface area contributed by atoms with Gasteiger partial charge in [0.1, 0.15) is 12.2 Å². The lowest BCUT2D eigenvalue weighted by Gasteiger charge is -2.27. The Morgan fingerprint density at radius 3 is 3.18 bits per heavy atom. The summed E-state index contributed by atoms with van der Waals surface area (Å²) in [6.07, 6.45) is 2.55. The minimum absolute atomic E-state index is 0.0302. The minimum Gasteiger partial charge on any atom is -0.475 e. The van der Waals surface area contributed by atoms with E-state index in [1.807, 2.05) is 4.90 Å². The third-order valence-electron chi connectivity index (χ3n) is 3.62. The third-order valence-corrected chi connectivity index (χ3v) is 4.65. The van der Waals surface area contributed by atoms with Crippen LogP contribution in [0.3, 0.4) is 0 Å². The van der Waals surface area contributed by atoms with Gasteiger partial charge in [0, 0.05) is 31.3 Å². The van der Waals surface area contributed by atoms with E-state index >= 15 is 0 Å². The van der Waals surface area contributed by atoms with Crippen molar-refractivity contribution in [3.05, 3.63) is 45.8 Å². The van der Waals surface area contributed by atoms with Gasteiger partial charge in [0.25, 0.3) is 5.91 Å². The average molecular weight is 318 g/mol. The van der Waals surface area contributed by atoms with Crippen molar-refractivity contribution >= 4 is 17.2 Å². The summed E-state index contributed by atoms with van der Waals surface area (Å²) in [5.74, 6) is 0.345. The molecule has 0 aliphatic carbocycles.